The molecule has 0 aliphatic heterocycles. The van der Waals surface area contributed by atoms with E-state index in [2.05, 4.69) is 6.07 Å². The molecular weight excluding hydrogens is 162 g/mol. The Morgan fingerprint density at radius 3 is 3.08 bits per heavy atom. The van der Waals surface area contributed by atoms with Crippen LogP contribution in [-0.4, -0.2) is 6.61 Å². The number of benzene rings is 1. The molecule has 1 rings (SSSR count). The molecule has 0 unspecified atom stereocenters. The molecule has 1 aromatic rings. The highest BCUT2D eigenvalue weighted by Gasteiger charge is 1.93. The average molecular weight is 173 g/mol. The molecule has 0 aromatic heterocycles. The first kappa shape index (κ1) is 9.34. The van der Waals surface area contributed by atoms with Crippen LogP contribution in [0.3, 0.4) is 0 Å². The van der Waals surface area contributed by atoms with Gasteiger partial charge in [0.15, 0.2) is 0 Å². The summed E-state index contributed by atoms with van der Waals surface area (Å²) in [6.07, 6.45) is 3.84. The number of allylic oxidation sites excluding steroid dienone is 1. The second kappa shape index (κ2) is 5.00. The van der Waals surface area contributed by atoms with Crippen molar-refractivity contribution in [2.75, 3.05) is 6.61 Å². The van der Waals surface area contributed by atoms with Gasteiger partial charge < -0.3 is 4.74 Å². The lowest BCUT2D eigenvalue weighted by Crippen LogP contribution is -1.92. The minimum absolute atomic E-state index is 0.547. The predicted octanol–water partition coefficient (Wildman–Crippen LogP) is 2.51. The van der Waals surface area contributed by atoms with Crippen molar-refractivity contribution >= 4 is 0 Å². The van der Waals surface area contributed by atoms with Crippen molar-refractivity contribution in [1.29, 1.82) is 5.26 Å². The van der Waals surface area contributed by atoms with Crippen LogP contribution in [0.15, 0.2) is 36.4 Å². The maximum absolute atomic E-state index is 8.61. The van der Waals surface area contributed by atoms with Gasteiger partial charge in [0.2, 0.25) is 0 Å². The van der Waals surface area contributed by atoms with E-state index in [-0.39, 0.29) is 0 Å². The van der Waals surface area contributed by atoms with Gasteiger partial charge in [0, 0.05) is 0 Å². The molecule has 1 aromatic carbocycles. The SMILES string of the molecule is C/C=C/COc1cccc(C#N)c1. The van der Waals surface area contributed by atoms with Crippen LogP contribution in [0.2, 0.25) is 0 Å². The van der Waals surface area contributed by atoms with Crippen LogP contribution in [0.1, 0.15) is 12.5 Å². The molecule has 0 fully saturated rings. The molecule has 0 spiro atoms. The first-order valence-electron chi connectivity index (χ1n) is 4.11. The van der Waals surface area contributed by atoms with Crippen LogP contribution in [0, 0.1) is 11.3 Å². The zero-order valence-corrected chi connectivity index (χ0v) is 7.53. The zero-order chi connectivity index (χ0) is 9.52. The lowest BCUT2D eigenvalue weighted by atomic mass is 10.2. The summed E-state index contributed by atoms with van der Waals surface area (Å²) in [5.74, 6) is 0.733. The Balaban J connectivity index is 2.62. The molecule has 0 atom stereocenters. The van der Waals surface area contributed by atoms with Crippen molar-refractivity contribution in [3.8, 4) is 11.8 Å². The lowest BCUT2D eigenvalue weighted by molar-refractivity contribution is 0.362. The molecule has 0 saturated heterocycles. The summed E-state index contributed by atoms with van der Waals surface area (Å²) in [4.78, 5) is 0. The van der Waals surface area contributed by atoms with Crippen LogP contribution < -0.4 is 4.74 Å². The normalized spacial score (nSPS) is 9.85. The fraction of sp³-hybridized carbons (Fsp3) is 0.182. The Morgan fingerprint density at radius 1 is 1.54 bits per heavy atom. The summed E-state index contributed by atoms with van der Waals surface area (Å²) in [7, 11) is 0. The molecule has 66 valence electrons. The lowest BCUT2D eigenvalue weighted by Gasteiger charge is -2.01. The van der Waals surface area contributed by atoms with Crippen molar-refractivity contribution in [3.05, 3.63) is 42.0 Å². The Hall–Kier alpha value is -1.75. The largest absolute Gasteiger partial charge is 0.489 e. The summed E-state index contributed by atoms with van der Waals surface area (Å²) in [5, 5.41) is 8.61. The van der Waals surface area contributed by atoms with Crippen LogP contribution in [-0.2, 0) is 0 Å². The van der Waals surface area contributed by atoms with E-state index in [0.29, 0.717) is 12.2 Å². The minimum atomic E-state index is 0.547. The second-order valence-corrected chi connectivity index (χ2v) is 2.52. The van der Waals surface area contributed by atoms with E-state index >= 15 is 0 Å². The maximum atomic E-state index is 8.61. The predicted molar refractivity (Wildman–Crippen MR) is 51.5 cm³/mol. The molecule has 0 saturated carbocycles. The van der Waals surface area contributed by atoms with Crippen molar-refractivity contribution in [2.45, 2.75) is 6.92 Å². The van der Waals surface area contributed by atoms with Crippen LogP contribution >= 0.6 is 0 Å². The molecule has 2 heteroatoms. The van der Waals surface area contributed by atoms with Gasteiger partial charge in [-0.3, -0.25) is 0 Å². The third-order valence-electron chi connectivity index (χ3n) is 1.55. The van der Waals surface area contributed by atoms with Gasteiger partial charge in [-0.2, -0.15) is 5.26 Å². The number of nitrogens with zero attached hydrogens (tertiary/aromatic N) is 1. The number of hydrogen-bond donors (Lipinski definition) is 0. The Kier molecular flexibility index (Phi) is 3.59. The molecule has 0 aliphatic rings. The topological polar surface area (TPSA) is 33.0 Å². The maximum Gasteiger partial charge on any atom is 0.121 e. The van der Waals surface area contributed by atoms with Gasteiger partial charge in [-0.1, -0.05) is 18.2 Å². The Bertz CT molecular complexity index is 336. The van der Waals surface area contributed by atoms with Crippen LogP contribution in [0.4, 0.5) is 0 Å². The Labute approximate surface area is 78.1 Å². The summed E-state index contributed by atoms with van der Waals surface area (Å²) in [5.41, 5.74) is 0.623. The first-order valence-corrected chi connectivity index (χ1v) is 4.11. The Morgan fingerprint density at radius 2 is 2.38 bits per heavy atom. The van der Waals surface area contributed by atoms with Crippen molar-refractivity contribution in [2.24, 2.45) is 0 Å². The molecule has 13 heavy (non-hydrogen) atoms. The summed E-state index contributed by atoms with van der Waals surface area (Å²) < 4.78 is 5.35. The number of rotatable bonds is 3. The number of ether oxygens (including phenoxy) is 1. The van der Waals surface area contributed by atoms with Crippen LogP contribution in [0.5, 0.6) is 5.75 Å². The second-order valence-electron chi connectivity index (χ2n) is 2.52. The first-order chi connectivity index (χ1) is 6.36. The van der Waals surface area contributed by atoms with Gasteiger partial charge in [-0.05, 0) is 25.1 Å². The molecule has 0 heterocycles. The summed E-state index contributed by atoms with van der Waals surface area (Å²) in [6.45, 7) is 2.49. The van der Waals surface area contributed by atoms with Gasteiger partial charge in [0.25, 0.3) is 0 Å². The van der Waals surface area contributed by atoms with Crippen molar-refractivity contribution in [1.82, 2.24) is 0 Å². The molecule has 0 amide bonds. The van der Waals surface area contributed by atoms with Gasteiger partial charge in [0.1, 0.15) is 12.4 Å². The third kappa shape index (κ3) is 3.00. The van der Waals surface area contributed by atoms with Crippen LogP contribution in [0.25, 0.3) is 0 Å². The highest BCUT2D eigenvalue weighted by atomic mass is 16.5. The molecule has 0 radical (unpaired) electrons. The summed E-state index contributed by atoms with van der Waals surface area (Å²) >= 11 is 0. The van der Waals surface area contributed by atoms with E-state index in [0.717, 1.165) is 5.75 Å². The highest BCUT2D eigenvalue weighted by Crippen LogP contribution is 2.12. The fourth-order valence-corrected chi connectivity index (χ4v) is 0.896. The van der Waals surface area contributed by atoms with E-state index in [1.54, 1.807) is 12.1 Å². The molecule has 2 nitrogen and oxygen atoms in total. The van der Waals surface area contributed by atoms with Gasteiger partial charge in [0.05, 0.1) is 11.6 Å². The van der Waals surface area contributed by atoms with Gasteiger partial charge >= 0.3 is 0 Å². The third-order valence-corrected chi connectivity index (χ3v) is 1.55. The molecule has 0 aliphatic carbocycles. The number of hydrogen-bond acceptors (Lipinski definition) is 2. The molecular formula is C11H11NO. The fourth-order valence-electron chi connectivity index (χ4n) is 0.896. The molecule has 0 bridgehead atoms. The van der Waals surface area contributed by atoms with Gasteiger partial charge in [-0.25, -0.2) is 0 Å². The average Bonchev–Trinajstić information content (AvgIpc) is 2.19. The van der Waals surface area contributed by atoms with Crippen molar-refractivity contribution in [3.63, 3.8) is 0 Å². The molecule has 0 N–H and O–H groups in total. The van der Waals surface area contributed by atoms with E-state index in [9.17, 15) is 0 Å². The highest BCUT2D eigenvalue weighted by molar-refractivity contribution is 5.36. The standard InChI is InChI=1S/C11H11NO/c1-2-3-7-13-11-6-4-5-10(8-11)9-12/h2-6,8H,7H2,1H3/b3-2+. The summed E-state index contributed by atoms with van der Waals surface area (Å²) in [6, 6.07) is 9.18. The van der Waals surface area contributed by atoms with Crippen molar-refractivity contribution < 1.29 is 4.74 Å². The zero-order valence-electron chi connectivity index (χ0n) is 7.53. The van der Waals surface area contributed by atoms with E-state index in [1.807, 2.05) is 31.2 Å². The smallest absolute Gasteiger partial charge is 0.121 e. The van der Waals surface area contributed by atoms with E-state index in [1.165, 1.54) is 0 Å². The number of nitriles is 1. The monoisotopic (exact) mass is 173 g/mol. The van der Waals surface area contributed by atoms with E-state index in [4.69, 9.17) is 10.00 Å². The van der Waals surface area contributed by atoms with E-state index < -0.39 is 0 Å². The van der Waals surface area contributed by atoms with Gasteiger partial charge in [-0.15, -0.1) is 0 Å². The minimum Gasteiger partial charge on any atom is -0.489 e. The quantitative estimate of drug-likeness (QED) is 0.658.